The molecule has 16 heavy (non-hydrogen) atoms. The van der Waals surface area contributed by atoms with Crippen LogP contribution in [0.5, 0.6) is 5.75 Å². The van der Waals surface area contributed by atoms with Gasteiger partial charge in [0.05, 0.1) is 13.7 Å². The van der Waals surface area contributed by atoms with Gasteiger partial charge in [0.1, 0.15) is 5.75 Å². The Kier molecular flexibility index (Phi) is 4.02. The molecular formula is C13H19BrO2. The van der Waals surface area contributed by atoms with Gasteiger partial charge in [0.2, 0.25) is 0 Å². The fourth-order valence-electron chi connectivity index (χ4n) is 2.02. The zero-order valence-electron chi connectivity index (χ0n) is 10.5. The van der Waals surface area contributed by atoms with Gasteiger partial charge in [0, 0.05) is 21.0 Å². The number of halogens is 1. The molecule has 0 aliphatic carbocycles. The van der Waals surface area contributed by atoms with Gasteiger partial charge in [-0.25, -0.2) is 0 Å². The number of hydrogen-bond acceptors (Lipinski definition) is 2. The molecule has 3 heteroatoms. The molecule has 1 rings (SSSR count). The molecule has 0 unspecified atom stereocenters. The summed E-state index contributed by atoms with van der Waals surface area (Å²) in [7, 11) is 1.67. The highest BCUT2D eigenvalue weighted by Crippen LogP contribution is 2.39. The van der Waals surface area contributed by atoms with E-state index in [0.717, 1.165) is 26.9 Å². The summed E-state index contributed by atoms with van der Waals surface area (Å²) in [6.07, 6.45) is 0. The normalized spacial score (nSPS) is 11.7. The maximum Gasteiger partial charge on any atom is 0.126 e. The third kappa shape index (κ3) is 2.25. The monoisotopic (exact) mass is 286 g/mol. The van der Waals surface area contributed by atoms with Crippen LogP contribution in [0.1, 0.15) is 30.5 Å². The number of ether oxygens (including phenoxy) is 1. The molecule has 0 radical (unpaired) electrons. The SMILES string of the molecule is COc1c(C)c(Br)cc(C)c1C(C)(C)CO. The van der Waals surface area contributed by atoms with Gasteiger partial charge in [-0.05, 0) is 25.5 Å². The van der Waals surface area contributed by atoms with E-state index in [1.54, 1.807) is 7.11 Å². The summed E-state index contributed by atoms with van der Waals surface area (Å²) in [6.45, 7) is 8.19. The standard InChI is InChI=1S/C13H19BrO2/c1-8-6-10(14)9(2)12(16-5)11(8)13(3,4)7-15/h6,15H,7H2,1-5H3. The lowest BCUT2D eigenvalue weighted by Crippen LogP contribution is -2.24. The predicted molar refractivity (Wildman–Crippen MR) is 70.3 cm³/mol. The molecule has 1 N–H and O–H groups in total. The van der Waals surface area contributed by atoms with Gasteiger partial charge in [-0.2, -0.15) is 0 Å². The minimum absolute atomic E-state index is 0.102. The first-order chi connectivity index (χ1) is 7.35. The lowest BCUT2D eigenvalue weighted by Gasteiger charge is -2.28. The van der Waals surface area contributed by atoms with Gasteiger partial charge in [0.25, 0.3) is 0 Å². The summed E-state index contributed by atoms with van der Waals surface area (Å²) in [5.74, 6) is 0.867. The second-order valence-electron chi connectivity index (χ2n) is 4.75. The number of aryl methyl sites for hydroxylation is 1. The minimum atomic E-state index is -0.291. The molecule has 0 aliphatic heterocycles. The molecule has 0 fully saturated rings. The van der Waals surface area contributed by atoms with Gasteiger partial charge >= 0.3 is 0 Å². The maximum absolute atomic E-state index is 9.48. The second-order valence-corrected chi connectivity index (χ2v) is 5.60. The first-order valence-electron chi connectivity index (χ1n) is 5.30. The van der Waals surface area contributed by atoms with Crippen LogP contribution < -0.4 is 4.74 Å². The van der Waals surface area contributed by atoms with E-state index < -0.39 is 0 Å². The van der Waals surface area contributed by atoms with Crippen LogP contribution in [0.25, 0.3) is 0 Å². The van der Waals surface area contributed by atoms with E-state index in [2.05, 4.69) is 22.0 Å². The van der Waals surface area contributed by atoms with Crippen molar-refractivity contribution in [2.24, 2.45) is 0 Å². The number of aliphatic hydroxyl groups excluding tert-OH is 1. The minimum Gasteiger partial charge on any atom is -0.496 e. The summed E-state index contributed by atoms with van der Waals surface area (Å²) in [4.78, 5) is 0. The number of benzene rings is 1. The molecule has 0 atom stereocenters. The zero-order chi connectivity index (χ0) is 12.5. The van der Waals surface area contributed by atoms with Crippen LogP contribution in [0.4, 0.5) is 0 Å². The molecule has 0 bridgehead atoms. The topological polar surface area (TPSA) is 29.5 Å². The van der Waals surface area contributed by atoms with Crippen LogP contribution in [0, 0.1) is 13.8 Å². The first kappa shape index (κ1) is 13.5. The molecule has 0 heterocycles. The molecule has 1 aromatic carbocycles. The van der Waals surface area contributed by atoms with Crippen LogP contribution in [0.2, 0.25) is 0 Å². The summed E-state index contributed by atoms with van der Waals surface area (Å²) in [5.41, 5.74) is 3.00. The van der Waals surface area contributed by atoms with E-state index >= 15 is 0 Å². The van der Waals surface area contributed by atoms with Gasteiger partial charge in [-0.1, -0.05) is 29.8 Å². The Balaban J connectivity index is 3.55. The first-order valence-corrected chi connectivity index (χ1v) is 6.09. The summed E-state index contributed by atoms with van der Waals surface area (Å²) in [6, 6.07) is 2.07. The van der Waals surface area contributed by atoms with Crippen LogP contribution >= 0.6 is 15.9 Å². The molecule has 0 amide bonds. The van der Waals surface area contributed by atoms with Crippen molar-refractivity contribution in [3.8, 4) is 5.75 Å². The average molecular weight is 287 g/mol. The molecular weight excluding hydrogens is 268 g/mol. The third-order valence-corrected chi connectivity index (χ3v) is 3.76. The van der Waals surface area contributed by atoms with Crippen LogP contribution in [-0.2, 0) is 5.41 Å². The summed E-state index contributed by atoms with van der Waals surface area (Å²) >= 11 is 3.52. The van der Waals surface area contributed by atoms with E-state index in [0.29, 0.717) is 0 Å². The maximum atomic E-state index is 9.48. The second kappa shape index (κ2) is 4.76. The molecule has 0 aromatic heterocycles. The Hall–Kier alpha value is -0.540. The molecule has 1 aromatic rings. The lowest BCUT2D eigenvalue weighted by molar-refractivity contribution is 0.214. The van der Waals surface area contributed by atoms with E-state index in [1.807, 2.05) is 27.7 Å². The van der Waals surface area contributed by atoms with Crippen molar-refractivity contribution in [1.29, 1.82) is 0 Å². The highest BCUT2D eigenvalue weighted by Gasteiger charge is 2.27. The van der Waals surface area contributed by atoms with Crippen LogP contribution in [-0.4, -0.2) is 18.8 Å². The van der Waals surface area contributed by atoms with E-state index in [1.165, 1.54) is 0 Å². The van der Waals surface area contributed by atoms with Crippen molar-refractivity contribution < 1.29 is 9.84 Å². The summed E-state index contributed by atoms with van der Waals surface area (Å²) < 4.78 is 6.53. The average Bonchev–Trinajstić information content (AvgIpc) is 2.22. The molecule has 0 saturated heterocycles. The van der Waals surface area contributed by atoms with Crippen LogP contribution in [0.15, 0.2) is 10.5 Å². The van der Waals surface area contributed by atoms with Gasteiger partial charge < -0.3 is 9.84 Å². The van der Waals surface area contributed by atoms with Crippen molar-refractivity contribution in [3.05, 3.63) is 27.2 Å². The third-order valence-electron chi connectivity index (χ3n) is 2.94. The van der Waals surface area contributed by atoms with E-state index in [-0.39, 0.29) is 12.0 Å². The van der Waals surface area contributed by atoms with Crippen LogP contribution in [0.3, 0.4) is 0 Å². The Labute approximate surface area is 106 Å². The largest absolute Gasteiger partial charge is 0.496 e. The number of rotatable bonds is 3. The highest BCUT2D eigenvalue weighted by atomic mass is 79.9. The quantitative estimate of drug-likeness (QED) is 0.924. The Morgan fingerprint density at radius 3 is 2.38 bits per heavy atom. The predicted octanol–water partition coefficient (Wildman–Crippen LogP) is 3.34. The molecule has 90 valence electrons. The highest BCUT2D eigenvalue weighted by molar-refractivity contribution is 9.10. The fraction of sp³-hybridized carbons (Fsp3) is 0.538. The number of methoxy groups -OCH3 is 1. The van der Waals surface area contributed by atoms with E-state index in [4.69, 9.17) is 4.74 Å². The summed E-state index contributed by atoms with van der Waals surface area (Å²) in [5, 5.41) is 9.48. The molecule has 0 aliphatic rings. The van der Waals surface area contributed by atoms with Gasteiger partial charge in [0.15, 0.2) is 0 Å². The lowest BCUT2D eigenvalue weighted by atomic mass is 9.81. The smallest absolute Gasteiger partial charge is 0.126 e. The molecule has 2 nitrogen and oxygen atoms in total. The Morgan fingerprint density at radius 2 is 1.94 bits per heavy atom. The van der Waals surface area contributed by atoms with Crippen molar-refractivity contribution in [3.63, 3.8) is 0 Å². The zero-order valence-corrected chi connectivity index (χ0v) is 12.1. The van der Waals surface area contributed by atoms with Crippen molar-refractivity contribution in [2.75, 3.05) is 13.7 Å². The van der Waals surface area contributed by atoms with Crippen molar-refractivity contribution >= 4 is 15.9 Å². The van der Waals surface area contributed by atoms with E-state index in [9.17, 15) is 5.11 Å². The Bertz CT molecular complexity index is 397. The fourth-order valence-corrected chi connectivity index (χ4v) is 2.54. The van der Waals surface area contributed by atoms with Gasteiger partial charge in [-0.15, -0.1) is 0 Å². The molecule has 0 spiro atoms. The van der Waals surface area contributed by atoms with Gasteiger partial charge in [-0.3, -0.25) is 0 Å². The van der Waals surface area contributed by atoms with Crippen molar-refractivity contribution in [1.82, 2.24) is 0 Å². The Morgan fingerprint density at radius 1 is 1.38 bits per heavy atom. The number of aliphatic hydroxyl groups is 1. The molecule has 0 saturated carbocycles. The number of hydrogen-bond donors (Lipinski definition) is 1. The van der Waals surface area contributed by atoms with Crippen molar-refractivity contribution in [2.45, 2.75) is 33.1 Å².